The molecule has 0 aromatic carbocycles. The van der Waals surface area contributed by atoms with Crippen LogP contribution < -0.4 is 5.32 Å². The predicted octanol–water partition coefficient (Wildman–Crippen LogP) is 3.36. The third kappa shape index (κ3) is 3.32. The Bertz CT molecular complexity index is 382. The van der Waals surface area contributed by atoms with Gasteiger partial charge in [-0.15, -0.1) is 0 Å². The lowest BCUT2D eigenvalue weighted by Gasteiger charge is -2.14. The minimum atomic E-state index is 0.487. The molecule has 0 aliphatic heterocycles. The van der Waals surface area contributed by atoms with Crippen LogP contribution in [0, 0.1) is 13.8 Å². The summed E-state index contributed by atoms with van der Waals surface area (Å²) in [5.74, 6) is 0. The Labute approximate surface area is 112 Å². The van der Waals surface area contributed by atoms with Crippen molar-refractivity contribution in [3.63, 3.8) is 0 Å². The van der Waals surface area contributed by atoms with Crippen LogP contribution in [0.25, 0.3) is 0 Å². The molecule has 0 radical (unpaired) electrons. The molecule has 1 aromatic heterocycles. The van der Waals surface area contributed by atoms with Gasteiger partial charge in [0.1, 0.15) is 0 Å². The second-order valence-corrected chi connectivity index (χ2v) is 5.94. The van der Waals surface area contributed by atoms with Crippen LogP contribution in [0.1, 0.15) is 50.0 Å². The van der Waals surface area contributed by atoms with Crippen LogP contribution in [-0.2, 0) is 0 Å². The number of nitrogens with zero attached hydrogens (tertiary/aromatic N) is 2. The van der Waals surface area contributed by atoms with Crippen LogP contribution in [0.4, 0.5) is 0 Å². The predicted molar refractivity (Wildman–Crippen MR) is 74.4 cm³/mol. The largest absolute Gasteiger partial charge is 0.314 e. The molecule has 4 heteroatoms. The van der Waals surface area contributed by atoms with Crippen molar-refractivity contribution < 1.29 is 0 Å². The fourth-order valence-electron chi connectivity index (χ4n) is 2.19. The Hall–Kier alpha value is -0.350. The van der Waals surface area contributed by atoms with Gasteiger partial charge in [0.05, 0.1) is 15.9 Å². The van der Waals surface area contributed by atoms with Gasteiger partial charge in [-0.05, 0) is 68.9 Å². The Morgan fingerprint density at radius 3 is 2.71 bits per heavy atom. The van der Waals surface area contributed by atoms with E-state index in [-0.39, 0.29) is 0 Å². The van der Waals surface area contributed by atoms with Gasteiger partial charge in [0.25, 0.3) is 0 Å². The molecule has 0 saturated heterocycles. The van der Waals surface area contributed by atoms with Gasteiger partial charge in [-0.25, -0.2) is 0 Å². The minimum absolute atomic E-state index is 0.487. The van der Waals surface area contributed by atoms with E-state index in [0.717, 1.165) is 22.8 Å². The molecule has 1 aliphatic rings. The molecule has 1 aliphatic carbocycles. The summed E-state index contributed by atoms with van der Waals surface area (Å²) in [4.78, 5) is 0. The molecular weight excluding hydrogens is 278 g/mol. The molecule has 3 nitrogen and oxygen atoms in total. The lowest BCUT2D eigenvalue weighted by molar-refractivity contribution is 0.429. The van der Waals surface area contributed by atoms with Crippen LogP contribution in [0.3, 0.4) is 0 Å². The molecule has 0 amide bonds. The second kappa shape index (κ2) is 5.53. The highest BCUT2D eigenvalue weighted by Gasteiger charge is 2.20. The fourth-order valence-corrected chi connectivity index (χ4v) is 2.45. The molecule has 1 heterocycles. The van der Waals surface area contributed by atoms with Crippen molar-refractivity contribution in [2.45, 2.75) is 58.5 Å². The van der Waals surface area contributed by atoms with Gasteiger partial charge in [-0.1, -0.05) is 0 Å². The summed E-state index contributed by atoms with van der Waals surface area (Å²) in [6.07, 6.45) is 5.17. The molecule has 1 unspecified atom stereocenters. The molecule has 96 valence electrons. The summed E-state index contributed by atoms with van der Waals surface area (Å²) < 4.78 is 3.30. The molecule has 2 rings (SSSR count). The van der Waals surface area contributed by atoms with Gasteiger partial charge in [0, 0.05) is 12.1 Å². The van der Waals surface area contributed by atoms with E-state index in [1.807, 2.05) is 0 Å². The summed E-state index contributed by atoms with van der Waals surface area (Å²) in [7, 11) is 0. The standard InChI is InChI=1S/C13H22BrN3/c1-9(5-4-8-15-12-6-7-12)17-11(3)13(14)10(2)16-17/h9,12,15H,4-8H2,1-3H3. The topological polar surface area (TPSA) is 29.9 Å². The normalized spacial score (nSPS) is 17.4. The van der Waals surface area contributed by atoms with Crippen LogP contribution in [0.15, 0.2) is 4.47 Å². The number of rotatable bonds is 6. The third-order valence-corrected chi connectivity index (χ3v) is 4.61. The van der Waals surface area contributed by atoms with Crippen molar-refractivity contribution in [3.05, 3.63) is 15.9 Å². The molecule has 1 aromatic rings. The molecule has 1 N–H and O–H groups in total. The summed E-state index contributed by atoms with van der Waals surface area (Å²) in [5, 5.41) is 8.14. The second-order valence-electron chi connectivity index (χ2n) is 5.15. The summed E-state index contributed by atoms with van der Waals surface area (Å²) in [5.41, 5.74) is 2.33. The summed E-state index contributed by atoms with van der Waals surface area (Å²) >= 11 is 3.58. The molecule has 1 fully saturated rings. The number of hydrogen-bond acceptors (Lipinski definition) is 2. The third-order valence-electron chi connectivity index (χ3n) is 3.46. The van der Waals surface area contributed by atoms with E-state index < -0.39 is 0 Å². The lowest BCUT2D eigenvalue weighted by atomic mass is 10.2. The van der Waals surface area contributed by atoms with Gasteiger partial charge in [0.2, 0.25) is 0 Å². The smallest absolute Gasteiger partial charge is 0.0738 e. The SMILES string of the molecule is Cc1nn(C(C)CCCNC2CC2)c(C)c1Br. The zero-order valence-corrected chi connectivity index (χ0v) is 12.5. The van der Waals surface area contributed by atoms with Crippen molar-refractivity contribution in [1.29, 1.82) is 0 Å². The first kappa shape index (κ1) is 13.1. The Balaban J connectivity index is 1.81. The van der Waals surface area contributed by atoms with E-state index in [4.69, 9.17) is 0 Å². The Morgan fingerprint density at radius 1 is 1.47 bits per heavy atom. The van der Waals surface area contributed by atoms with Crippen molar-refractivity contribution in [3.8, 4) is 0 Å². The number of nitrogens with one attached hydrogen (secondary N) is 1. The maximum atomic E-state index is 4.59. The van der Waals surface area contributed by atoms with E-state index in [1.165, 1.54) is 31.4 Å². The van der Waals surface area contributed by atoms with Crippen LogP contribution in [0.2, 0.25) is 0 Å². The molecule has 0 spiro atoms. The van der Waals surface area contributed by atoms with Gasteiger partial charge < -0.3 is 5.32 Å². The monoisotopic (exact) mass is 299 g/mol. The zero-order chi connectivity index (χ0) is 12.4. The molecule has 0 bridgehead atoms. The number of aryl methyl sites for hydroxylation is 1. The van der Waals surface area contributed by atoms with Crippen molar-refractivity contribution >= 4 is 15.9 Å². The summed E-state index contributed by atoms with van der Waals surface area (Å²) in [6.45, 7) is 7.58. The van der Waals surface area contributed by atoms with Gasteiger partial charge in [-0.3, -0.25) is 4.68 Å². The average molecular weight is 300 g/mol. The minimum Gasteiger partial charge on any atom is -0.314 e. The van der Waals surface area contributed by atoms with E-state index in [9.17, 15) is 0 Å². The van der Waals surface area contributed by atoms with Crippen molar-refractivity contribution in [2.75, 3.05) is 6.54 Å². The fraction of sp³-hybridized carbons (Fsp3) is 0.769. The summed E-state index contributed by atoms with van der Waals surface area (Å²) in [6, 6.07) is 1.31. The van der Waals surface area contributed by atoms with Gasteiger partial charge in [0.15, 0.2) is 0 Å². The highest BCUT2D eigenvalue weighted by Crippen LogP contribution is 2.24. The Kier molecular flexibility index (Phi) is 4.26. The maximum Gasteiger partial charge on any atom is 0.0738 e. The first-order valence-corrected chi connectivity index (χ1v) is 7.33. The Morgan fingerprint density at radius 2 is 2.18 bits per heavy atom. The van der Waals surface area contributed by atoms with Crippen molar-refractivity contribution in [2.24, 2.45) is 0 Å². The molecule has 1 atom stereocenters. The first-order chi connectivity index (χ1) is 8.09. The van der Waals surface area contributed by atoms with Crippen LogP contribution >= 0.6 is 15.9 Å². The van der Waals surface area contributed by atoms with Gasteiger partial charge in [-0.2, -0.15) is 5.10 Å². The molecule has 1 saturated carbocycles. The highest BCUT2D eigenvalue weighted by atomic mass is 79.9. The highest BCUT2D eigenvalue weighted by molar-refractivity contribution is 9.10. The average Bonchev–Trinajstić information content (AvgIpc) is 3.09. The number of halogens is 1. The van der Waals surface area contributed by atoms with Crippen LogP contribution in [-0.4, -0.2) is 22.4 Å². The van der Waals surface area contributed by atoms with Crippen molar-refractivity contribution in [1.82, 2.24) is 15.1 Å². The first-order valence-electron chi connectivity index (χ1n) is 6.54. The quantitative estimate of drug-likeness (QED) is 0.816. The van der Waals surface area contributed by atoms with Crippen LogP contribution in [0.5, 0.6) is 0 Å². The van der Waals surface area contributed by atoms with E-state index in [0.29, 0.717) is 6.04 Å². The lowest BCUT2D eigenvalue weighted by Crippen LogP contribution is -2.19. The molecular formula is C13H22BrN3. The van der Waals surface area contributed by atoms with E-state index in [2.05, 4.69) is 51.8 Å². The van der Waals surface area contributed by atoms with E-state index in [1.54, 1.807) is 0 Å². The molecule has 17 heavy (non-hydrogen) atoms. The zero-order valence-electron chi connectivity index (χ0n) is 11.0. The maximum absolute atomic E-state index is 4.59. The van der Waals surface area contributed by atoms with E-state index >= 15 is 0 Å². The number of aromatic nitrogens is 2. The number of hydrogen-bond donors (Lipinski definition) is 1. The van der Waals surface area contributed by atoms with Gasteiger partial charge >= 0.3 is 0 Å².